The van der Waals surface area contributed by atoms with Crippen LogP contribution in [0.5, 0.6) is 0 Å². The molecule has 0 aromatic heterocycles. The molecule has 2 fully saturated rings. The Morgan fingerprint density at radius 2 is 2.19 bits per heavy atom. The quantitative estimate of drug-likeness (QED) is 0.279. The van der Waals surface area contributed by atoms with Gasteiger partial charge in [-0.05, 0) is 30.0 Å². The molecular formula is C22H29ClN5O3S+. The minimum Gasteiger partial charge on any atom is -0.627 e. The van der Waals surface area contributed by atoms with Gasteiger partial charge < -0.3 is 14.9 Å². The van der Waals surface area contributed by atoms with Crippen LogP contribution in [0.3, 0.4) is 0 Å². The highest BCUT2D eigenvalue weighted by molar-refractivity contribution is 8.03. The lowest BCUT2D eigenvalue weighted by molar-refractivity contribution is -1.02. The topological polar surface area (TPSA) is 71.2 Å². The molecule has 10 heteroatoms. The SMILES string of the molecule is CON=C1CCC[N+]2([O-])C(CCN3CCN(c4cccc(Cl)c4)CC3)[N+](=O)C3=CC12CS3. The summed E-state index contributed by atoms with van der Waals surface area (Å²) in [4.78, 5) is 22.9. The highest BCUT2D eigenvalue weighted by Crippen LogP contribution is 2.51. The van der Waals surface area contributed by atoms with Gasteiger partial charge in [-0.1, -0.05) is 22.8 Å². The van der Waals surface area contributed by atoms with Gasteiger partial charge in [0.2, 0.25) is 0 Å². The number of quaternary nitrogens is 1. The van der Waals surface area contributed by atoms with Gasteiger partial charge in [-0.3, -0.25) is 9.55 Å². The first-order valence-corrected chi connectivity index (χ1v) is 12.6. The summed E-state index contributed by atoms with van der Waals surface area (Å²) in [5.41, 5.74) is 1.17. The lowest BCUT2D eigenvalue weighted by atomic mass is 9.83. The van der Waals surface area contributed by atoms with Crippen LogP contribution in [0, 0.1) is 10.1 Å². The van der Waals surface area contributed by atoms with Crippen molar-refractivity contribution in [3.8, 4) is 0 Å². The standard InChI is InChI=1S/C22H29ClN5O3S/c1-31-24-19-6-3-13-28(30)20(27(29)21-15-22(19,28)16-32-21)7-8-25-9-11-26(12-10-25)18-5-2-4-17(23)14-18/h2,4-5,14-15,20H,3,6-13,16H2,1H3/q+1. The Labute approximate surface area is 197 Å². The first-order valence-electron chi connectivity index (χ1n) is 11.2. The number of oxime groups is 1. The Morgan fingerprint density at radius 1 is 1.38 bits per heavy atom. The minimum atomic E-state index is -0.759. The van der Waals surface area contributed by atoms with Crippen LogP contribution >= 0.6 is 23.4 Å². The Hall–Kier alpha value is -1.65. The summed E-state index contributed by atoms with van der Waals surface area (Å²) in [5, 5.41) is 20.0. The van der Waals surface area contributed by atoms with Crippen molar-refractivity contribution in [2.75, 3.05) is 57.0 Å². The first kappa shape index (κ1) is 22.2. The van der Waals surface area contributed by atoms with E-state index in [4.69, 9.17) is 16.4 Å². The number of hydroxylamine groups is 3. The maximum atomic E-state index is 14.3. The van der Waals surface area contributed by atoms with E-state index in [0.29, 0.717) is 23.7 Å². The predicted molar refractivity (Wildman–Crippen MR) is 128 cm³/mol. The van der Waals surface area contributed by atoms with Crippen LogP contribution in [0.15, 0.2) is 40.5 Å². The number of piperidine rings is 1. The van der Waals surface area contributed by atoms with E-state index in [2.05, 4.69) is 21.0 Å². The van der Waals surface area contributed by atoms with E-state index in [1.54, 1.807) is 0 Å². The first-order chi connectivity index (χ1) is 15.5. The zero-order valence-electron chi connectivity index (χ0n) is 18.3. The molecule has 4 aliphatic heterocycles. The number of thioether (sulfide) groups is 1. The van der Waals surface area contributed by atoms with E-state index >= 15 is 0 Å². The van der Waals surface area contributed by atoms with Gasteiger partial charge >= 0.3 is 6.17 Å². The second kappa shape index (κ2) is 8.61. The zero-order chi connectivity index (χ0) is 22.3. The van der Waals surface area contributed by atoms with E-state index in [9.17, 15) is 10.1 Å². The fourth-order valence-electron chi connectivity index (χ4n) is 5.59. The molecule has 0 saturated carbocycles. The molecule has 1 spiro atoms. The molecule has 8 nitrogen and oxygen atoms in total. The Kier molecular flexibility index (Phi) is 5.96. The largest absolute Gasteiger partial charge is 0.627 e. The number of halogens is 1. The summed E-state index contributed by atoms with van der Waals surface area (Å²) in [6.07, 6.45) is 3.25. The smallest absolute Gasteiger partial charge is 0.335 e. The van der Waals surface area contributed by atoms with Gasteiger partial charge in [-0.25, -0.2) is 0 Å². The molecule has 2 saturated heterocycles. The maximum absolute atomic E-state index is 14.3. The van der Waals surface area contributed by atoms with Crippen molar-refractivity contribution < 1.29 is 14.2 Å². The summed E-state index contributed by atoms with van der Waals surface area (Å²) in [5.74, 6) is 0.571. The van der Waals surface area contributed by atoms with Gasteiger partial charge in [0.25, 0.3) is 5.03 Å². The average Bonchev–Trinajstić information content (AvgIpc) is 3.21. The highest BCUT2D eigenvalue weighted by atomic mass is 35.5. The number of nitrogens with zero attached hydrogens (tertiary/aromatic N) is 5. The van der Waals surface area contributed by atoms with Crippen LogP contribution in [0.1, 0.15) is 19.3 Å². The zero-order valence-corrected chi connectivity index (χ0v) is 19.9. The van der Waals surface area contributed by atoms with Gasteiger partial charge in [0, 0.05) is 61.2 Å². The van der Waals surface area contributed by atoms with Gasteiger partial charge in [0.15, 0.2) is 5.54 Å². The van der Waals surface area contributed by atoms with E-state index in [1.807, 2.05) is 24.3 Å². The van der Waals surface area contributed by atoms with Crippen molar-refractivity contribution in [1.82, 2.24) is 4.90 Å². The van der Waals surface area contributed by atoms with Crippen LogP contribution in [0.4, 0.5) is 5.69 Å². The second-order valence-corrected chi connectivity index (χ2v) is 10.4. The fraction of sp³-hybridized carbons (Fsp3) is 0.591. The molecule has 1 aromatic carbocycles. The van der Waals surface area contributed by atoms with Crippen LogP contribution in [0.25, 0.3) is 0 Å². The molecule has 4 aliphatic rings. The molecule has 0 amide bonds. The molecule has 32 heavy (non-hydrogen) atoms. The molecular weight excluding hydrogens is 450 g/mol. The van der Waals surface area contributed by atoms with Gasteiger partial charge in [0.1, 0.15) is 12.8 Å². The normalized spacial score (nSPS) is 33.9. The van der Waals surface area contributed by atoms with E-state index < -0.39 is 16.4 Å². The summed E-state index contributed by atoms with van der Waals surface area (Å²) >= 11 is 7.63. The Morgan fingerprint density at radius 3 is 2.94 bits per heavy atom. The van der Waals surface area contributed by atoms with E-state index in [-0.39, 0.29) is 0 Å². The number of anilines is 1. The van der Waals surface area contributed by atoms with Crippen LogP contribution in [-0.2, 0) is 4.84 Å². The molecule has 4 heterocycles. The van der Waals surface area contributed by atoms with Gasteiger partial charge in [-0.15, -0.1) is 0 Å². The molecule has 3 atom stereocenters. The molecule has 3 unspecified atom stereocenters. The van der Waals surface area contributed by atoms with Crippen LogP contribution in [0.2, 0.25) is 5.02 Å². The summed E-state index contributed by atoms with van der Waals surface area (Å²) in [6.45, 7) is 4.78. The number of hydrogen-bond donors (Lipinski definition) is 0. The summed E-state index contributed by atoms with van der Waals surface area (Å²) < 4.78 is 0.457. The monoisotopic (exact) mass is 478 g/mol. The predicted octanol–water partition coefficient (Wildman–Crippen LogP) is 3.41. The van der Waals surface area contributed by atoms with Crippen molar-refractivity contribution in [3.05, 3.63) is 50.5 Å². The molecule has 0 radical (unpaired) electrons. The van der Waals surface area contributed by atoms with Gasteiger partial charge in [0.05, 0.1) is 29.6 Å². The summed E-state index contributed by atoms with van der Waals surface area (Å²) in [7, 11) is 1.52. The third kappa shape index (κ3) is 3.54. The molecule has 172 valence electrons. The number of piperazine rings is 1. The molecule has 2 bridgehead atoms. The number of benzene rings is 1. The van der Waals surface area contributed by atoms with Crippen LogP contribution in [-0.4, -0.2) is 83.9 Å². The van der Waals surface area contributed by atoms with Crippen molar-refractivity contribution in [2.24, 2.45) is 5.16 Å². The summed E-state index contributed by atoms with van der Waals surface area (Å²) in [6, 6.07) is 7.94. The third-order valence-electron chi connectivity index (χ3n) is 7.30. The Bertz CT molecular complexity index is 967. The highest BCUT2D eigenvalue weighted by Gasteiger charge is 2.67. The lowest BCUT2D eigenvalue weighted by Crippen LogP contribution is -2.74. The molecule has 0 N–H and O–H groups in total. The average molecular weight is 479 g/mol. The minimum absolute atomic E-state index is 0.443. The maximum Gasteiger partial charge on any atom is 0.335 e. The number of hydrogen-bond acceptors (Lipinski definition) is 7. The van der Waals surface area contributed by atoms with E-state index in [0.717, 1.165) is 66.7 Å². The third-order valence-corrected chi connectivity index (χ3v) is 8.71. The van der Waals surface area contributed by atoms with Gasteiger partial charge in [-0.2, -0.15) is 0 Å². The van der Waals surface area contributed by atoms with Crippen molar-refractivity contribution in [1.29, 1.82) is 0 Å². The molecule has 1 aromatic rings. The van der Waals surface area contributed by atoms with Crippen molar-refractivity contribution >= 4 is 34.8 Å². The van der Waals surface area contributed by atoms with Crippen molar-refractivity contribution in [2.45, 2.75) is 31.0 Å². The fourth-order valence-corrected chi connectivity index (χ4v) is 7.14. The molecule has 5 rings (SSSR count). The lowest BCUT2D eigenvalue weighted by Gasteiger charge is -2.57. The number of nitroso groups, excluding NO2 is 1. The second-order valence-electron chi connectivity index (χ2n) is 8.94. The Balaban J connectivity index is 1.27. The number of rotatable bonds is 5. The van der Waals surface area contributed by atoms with Crippen LogP contribution < -0.4 is 4.90 Å². The van der Waals surface area contributed by atoms with E-state index in [1.165, 1.54) is 18.9 Å². The molecule has 0 aliphatic carbocycles. The van der Waals surface area contributed by atoms with Crippen molar-refractivity contribution in [3.63, 3.8) is 0 Å².